The average Bonchev–Trinajstić information content (AvgIpc) is 2.63. The molecule has 8 heteroatoms. The van der Waals surface area contributed by atoms with Gasteiger partial charge >= 0.3 is 6.18 Å². The number of hydrogen-bond donors (Lipinski definition) is 2. The van der Waals surface area contributed by atoms with Gasteiger partial charge < -0.3 is 11.1 Å². The first-order valence-corrected chi connectivity index (χ1v) is 7.95. The quantitative estimate of drug-likeness (QED) is 0.711. The highest BCUT2D eigenvalue weighted by molar-refractivity contribution is 5.76. The Morgan fingerprint density at radius 3 is 2.26 bits per heavy atom. The molecule has 3 aromatic rings. The van der Waals surface area contributed by atoms with Crippen LogP contribution in [0.15, 0.2) is 60.9 Å². The van der Waals surface area contributed by atoms with Crippen molar-refractivity contribution in [1.29, 1.82) is 0 Å². The summed E-state index contributed by atoms with van der Waals surface area (Å²) in [7, 11) is 0. The molecule has 0 aliphatic carbocycles. The molecule has 0 spiro atoms. The van der Waals surface area contributed by atoms with Crippen molar-refractivity contribution >= 4 is 17.4 Å². The van der Waals surface area contributed by atoms with Crippen LogP contribution in [0.2, 0.25) is 0 Å². The van der Waals surface area contributed by atoms with E-state index in [1.807, 2.05) is 0 Å². The maximum Gasteiger partial charge on any atom is 0.416 e. The Kier molecular flexibility index (Phi) is 5.07. The number of nitrogens with zero attached hydrogens (tertiary/aromatic N) is 2. The largest absolute Gasteiger partial charge is 0.416 e. The van der Waals surface area contributed by atoms with Gasteiger partial charge in [-0.1, -0.05) is 24.3 Å². The number of carbonyl (C=O) groups is 1. The Morgan fingerprint density at radius 2 is 1.67 bits per heavy atom. The monoisotopic (exact) mass is 372 g/mol. The number of amides is 1. The minimum Gasteiger partial charge on any atom is -0.369 e. The highest BCUT2D eigenvalue weighted by Gasteiger charge is 2.30. The number of benzene rings is 2. The third-order valence-corrected chi connectivity index (χ3v) is 3.78. The summed E-state index contributed by atoms with van der Waals surface area (Å²) >= 11 is 0. The van der Waals surface area contributed by atoms with Crippen LogP contribution in [0.3, 0.4) is 0 Å². The molecule has 0 unspecified atom stereocenters. The summed E-state index contributed by atoms with van der Waals surface area (Å²) in [4.78, 5) is 19.1. The van der Waals surface area contributed by atoms with E-state index in [1.54, 1.807) is 30.3 Å². The number of aromatic nitrogens is 2. The number of primary amides is 1. The molecule has 27 heavy (non-hydrogen) atoms. The highest BCUT2D eigenvalue weighted by Crippen LogP contribution is 2.31. The zero-order valence-electron chi connectivity index (χ0n) is 14.0. The van der Waals surface area contributed by atoms with Gasteiger partial charge in [-0.15, -0.1) is 0 Å². The van der Waals surface area contributed by atoms with Gasteiger partial charge in [0, 0.05) is 17.3 Å². The molecule has 0 bridgehead atoms. The van der Waals surface area contributed by atoms with E-state index in [1.165, 1.54) is 18.5 Å². The van der Waals surface area contributed by atoms with Crippen LogP contribution in [0.1, 0.15) is 11.1 Å². The summed E-state index contributed by atoms with van der Waals surface area (Å²) in [6, 6.07) is 13.5. The second kappa shape index (κ2) is 7.45. The molecule has 5 nitrogen and oxygen atoms in total. The Bertz CT molecular complexity index is 938. The molecule has 2 aromatic carbocycles. The van der Waals surface area contributed by atoms with Crippen molar-refractivity contribution < 1.29 is 18.0 Å². The van der Waals surface area contributed by atoms with E-state index in [2.05, 4.69) is 15.3 Å². The van der Waals surface area contributed by atoms with E-state index in [0.717, 1.165) is 23.4 Å². The second-order valence-corrected chi connectivity index (χ2v) is 5.83. The van der Waals surface area contributed by atoms with E-state index in [0.29, 0.717) is 17.1 Å². The first-order chi connectivity index (χ1) is 12.8. The number of nitrogens with one attached hydrogen (secondary N) is 1. The van der Waals surface area contributed by atoms with E-state index >= 15 is 0 Å². The van der Waals surface area contributed by atoms with Crippen LogP contribution < -0.4 is 11.1 Å². The fourth-order valence-corrected chi connectivity index (χ4v) is 2.47. The van der Waals surface area contributed by atoms with Gasteiger partial charge in [-0.05, 0) is 29.8 Å². The molecular weight excluding hydrogens is 357 g/mol. The zero-order chi connectivity index (χ0) is 19.4. The average molecular weight is 372 g/mol. The van der Waals surface area contributed by atoms with E-state index in [9.17, 15) is 18.0 Å². The van der Waals surface area contributed by atoms with Crippen molar-refractivity contribution in [2.75, 3.05) is 5.32 Å². The van der Waals surface area contributed by atoms with Crippen molar-refractivity contribution in [2.24, 2.45) is 5.73 Å². The summed E-state index contributed by atoms with van der Waals surface area (Å²) in [5, 5.41) is 3.08. The van der Waals surface area contributed by atoms with Crippen LogP contribution in [-0.2, 0) is 17.4 Å². The van der Waals surface area contributed by atoms with Crippen LogP contribution in [0.5, 0.6) is 0 Å². The summed E-state index contributed by atoms with van der Waals surface area (Å²) in [6.45, 7) is 0. The van der Waals surface area contributed by atoms with Crippen molar-refractivity contribution in [2.45, 2.75) is 12.6 Å². The maximum atomic E-state index is 12.7. The zero-order valence-corrected chi connectivity index (χ0v) is 14.0. The fraction of sp³-hybridized carbons (Fsp3) is 0.105. The first kappa shape index (κ1) is 18.4. The molecule has 1 aromatic heterocycles. The van der Waals surface area contributed by atoms with Gasteiger partial charge in [0.15, 0.2) is 0 Å². The number of anilines is 2. The standard InChI is InChI=1S/C19H15F3N4O/c20-19(21,22)14-5-3-13(4-6-14)16-10-18(25-11-24-16)26-15-7-1-12(2-8-15)9-17(23)27/h1-8,10-11H,9H2,(H2,23,27)(H,24,25,26). The van der Waals surface area contributed by atoms with Crippen LogP contribution in [0.25, 0.3) is 11.3 Å². The molecule has 0 saturated heterocycles. The predicted molar refractivity (Wildman–Crippen MR) is 95.1 cm³/mol. The maximum absolute atomic E-state index is 12.7. The number of rotatable bonds is 5. The van der Waals surface area contributed by atoms with Crippen LogP contribution >= 0.6 is 0 Å². The number of alkyl halides is 3. The van der Waals surface area contributed by atoms with E-state index in [4.69, 9.17) is 5.73 Å². The number of hydrogen-bond acceptors (Lipinski definition) is 4. The third kappa shape index (κ3) is 4.81. The molecule has 138 valence electrons. The smallest absolute Gasteiger partial charge is 0.369 e. The molecule has 0 fully saturated rings. The third-order valence-electron chi connectivity index (χ3n) is 3.78. The second-order valence-electron chi connectivity index (χ2n) is 5.83. The van der Waals surface area contributed by atoms with Gasteiger partial charge in [0.25, 0.3) is 0 Å². The molecule has 1 amide bonds. The normalized spacial score (nSPS) is 11.2. The van der Waals surface area contributed by atoms with Crippen molar-refractivity contribution in [1.82, 2.24) is 9.97 Å². The Morgan fingerprint density at radius 1 is 1.00 bits per heavy atom. The topological polar surface area (TPSA) is 80.9 Å². The predicted octanol–water partition coefficient (Wildman–Crippen LogP) is 3.93. The summed E-state index contributed by atoms with van der Waals surface area (Å²) in [5.74, 6) is 0.0789. The lowest BCUT2D eigenvalue weighted by Gasteiger charge is -2.09. The van der Waals surface area contributed by atoms with Crippen molar-refractivity contribution in [3.63, 3.8) is 0 Å². The first-order valence-electron chi connectivity index (χ1n) is 7.95. The van der Waals surface area contributed by atoms with Crippen molar-refractivity contribution in [3.05, 3.63) is 72.1 Å². The molecule has 3 N–H and O–H groups in total. The summed E-state index contributed by atoms with van der Waals surface area (Å²) < 4.78 is 38.0. The Balaban J connectivity index is 1.76. The summed E-state index contributed by atoms with van der Waals surface area (Å²) in [6.07, 6.45) is -2.89. The van der Waals surface area contributed by atoms with Crippen LogP contribution in [0, 0.1) is 0 Å². The molecule has 0 aliphatic heterocycles. The molecule has 0 aliphatic rings. The van der Waals surface area contributed by atoms with Crippen molar-refractivity contribution in [3.8, 4) is 11.3 Å². The minimum atomic E-state index is -4.38. The van der Waals surface area contributed by atoms with Gasteiger partial charge in [-0.2, -0.15) is 13.2 Å². The minimum absolute atomic E-state index is 0.159. The van der Waals surface area contributed by atoms with Gasteiger partial charge in [-0.25, -0.2) is 9.97 Å². The van der Waals surface area contributed by atoms with Gasteiger partial charge in [0.1, 0.15) is 12.1 Å². The van der Waals surface area contributed by atoms with Gasteiger partial charge in [-0.3, -0.25) is 4.79 Å². The molecule has 0 saturated carbocycles. The molecule has 1 heterocycles. The highest BCUT2D eigenvalue weighted by atomic mass is 19.4. The van der Waals surface area contributed by atoms with E-state index < -0.39 is 17.6 Å². The van der Waals surface area contributed by atoms with Crippen LogP contribution in [-0.4, -0.2) is 15.9 Å². The van der Waals surface area contributed by atoms with Gasteiger partial charge in [0.2, 0.25) is 5.91 Å². The van der Waals surface area contributed by atoms with Crippen LogP contribution in [0.4, 0.5) is 24.7 Å². The molecule has 3 rings (SSSR count). The SMILES string of the molecule is NC(=O)Cc1ccc(Nc2cc(-c3ccc(C(F)(F)F)cc3)ncn2)cc1. The molecular formula is C19H15F3N4O. The Labute approximate surface area is 153 Å². The Hall–Kier alpha value is -3.42. The lowest BCUT2D eigenvalue weighted by molar-refractivity contribution is -0.137. The summed E-state index contributed by atoms with van der Waals surface area (Å²) in [5.41, 5.74) is 7.01. The number of carbonyl (C=O) groups excluding carboxylic acids is 1. The molecule has 0 atom stereocenters. The van der Waals surface area contributed by atoms with E-state index in [-0.39, 0.29) is 6.42 Å². The molecule has 0 radical (unpaired) electrons. The number of halogens is 3. The lowest BCUT2D eigenvalue weighted by atomic mass is 10.1. The van der Waals surface area contributed by atoms with Gasteiger partial charge in [0.05, 0.1) is 17.7 Å². The lowest BCUT2D eigenvalue weighted by Crippen LogP contribution is -2.13. The fourth-order valence-electron chi connectivity index (χ4n) is 2.47. The number of nitrogens with two attached hydrogens (primary N) is 1.